The second-order valence-electron chi connectivity index (χ2n) is 2.53. The van der Waals surface area contributed by atoms with Crippen LogP contribution in [0.15, 0.2) is 36.0 Å². The molecular weight excluding hydrogens is 196 g/mol. The van der Waals surface area contributed by atoms with Crippen molar-refractivity contribution in [3.05, 3.63) is 36.0 Å². The van der Waals surface area contributed by atoms with Crippen molar-refractivity contribution < 1.29 is 19.1 Å². The van der Waals surface area contributed by atoms with Crippen molar-refractivity contribution in [3.63, 3.8) is 0 Å². The third kappa shape index (κ3) is 3.81. The molecule has 0 unspecified atom stereocenters. The van der Waals surface area contributed by atoms with Gasteiger partial charge in [0.25, 0.3) is 0 Å². The Kier molecular flexibility index (Phi) is 5.78. The molecule has 0 atom stereocenters. The number of esters is 2. The first-order valence-electron chi connectivity index (χ1n) is 4.27. The second kappa shape index (κ2) is 6.59. The Labute approximate surface area is 88.9 Å². The van der Waals surface area contributed by atoms with Crippen LogP contribution in [0, 0.1) is 0 Å². The Bertz CT molecular complexity index is 323. The van der Waals surface area contributed by atoms with Crippen molar-refractivity contribution in [2.45, 2.75) is 6.92 Å². The first kappa shape index (κ1) is 13.2. The summed E-state index contributed by atoms with van der Waals surface area (Å²) >= 11 is 0. The Hall–Kier alpha value is -1.84. The molecule has 0 aromatic heterocycles. The predicted molar refractivity (Wildman–Crippen MR) is 56.1 cm³/mol. The Morgan fingerprint density at radius 3 is 1.87 bits per heavy atom. The Morgan fingerprint density at radius 2 is 1.53 bits per heavy atom. The minimum atomic E-state index is -0.548. The summed E-state index contributed by atoms with van der Waals surface area (Å²) in [7, 11) is 2.53. The van der Waals surface area contributed by atoms with Gasteiger partial charge >= 0.3 is 11.9 Å². The maximum absolute atomic E-state index is 11.2. The number of hydrogen-bond donors (Lipinski definition) is 0. The zero-order chi connectivity index (χ0) is 11.8. The van der Waals surface area contributed by atoms with Crippen LogP contribution in [0.3, 0.4) is 0 Å². The summed E-state index contributed by atoms with van der Waals surface area (Å²) in [5.41, 5.74) is 0.480. The molecule has 0 fully saturated rings. The summed E-state index contributed by atoms with van der Waals surface area (Å²) in [6.07, 6.45) is 4.22. The quantitative estimate of drug-likeness (QED) is 0.399. The molecule has 0 saturated carbocycles. The number of ether oxygens (including phenoxy) is 2. The van der Waals surface area contributed by atoms with Crippen LogP contribution in [0.1, 0.15) is 6.92 Å². The third-order valence-electron chi connectivity index (χ3n) is 1.68. The minimum absolute atomic E-state index is 0.205. The van der Waals surface area contributed by atoms with Gasteiger partial charge in [-0.25, -0.2) is 9.59 Å². The molecule has 0 N–H and O–H groups in total. The molecule has 82 valence electrons. The van der Waals surface area contributed by atoms with E-state index in [9.17, 15) is 9.59 Å². The number of rotatable bonds is 4. The van der Waals surface area contributed by atoms with Crippen LogP contribution in [0.5, 0.6) is 0 Å². The highest BCUT2D eigenvalue weighted by Crippen LogP contribution is 2.07. The summed E-state index contributed by atoms with van der Waals surface area (Å²) in [6.45, 7) is 5.12. The number of hydrogen-bond acceptors (Lipinski definition) is 4. The molecule has 4 heteroatoms. The number of carbonyl (C=O) groups excluding carboxylic acids is 2. The second-order valence-corrected chi connectivity index (χ2v) is 2.53. The van der Waals surface area contributed by atoms with Crippen molar-refractivity contribution >= 4 is 11.9 Å². The van der Waals surface area contributed by atoms with Gasteiger partial charge in [-0.1, -0.05) is 18.7 Å². The molecule has 15 heavy (non-hydrogen) atoms. The lowest BCUT2D eigenvalue weighted by Gasteiger charge is -2.02. The van der Waals surface area contributed by atoms with Crippen molar-refractivity contribution in [1.29, 1.82) is 0 Å². The fourth-order valence-electron chi connectivity index (χ4n) is 0.865. The molecule has 0 radical (unpaired) electrons. The third-order valence-corrected chi connectivity index (χ3v) is 1.68. The molecule has 0 aliphatic carbocycles. The molecule has 0 amide bonds. The zero-order valence-corrected chi connectivity index (χ0v) is 9.07. The Morgan fingerprint density at radius 1 is 1.07 bits per heavy atom. The molecule has 0 aromatic rings. The number of carbonyl (C=O) groups is 2. The van der Waals surface area contributed by atoms with Crippen molar-refractivity contribution in [2.75, 3.05) is 14.2 Å². The monoisotopic (exact) mass is 210 g/mol. The molecule has 0 aliphatic rings. The fraction of sp³-hybridized carbons (Fsp3) is 0.273. The molecule has 0 bridgehead atoms. The van der Waals surface area contributed by atoms with Gasteiger partial charge in [-0.15, -0.1) is 0 Å². The van der Waals surface area contributed by atoms with Gasteiger partial charge < -0.3 is 9.47 Å². The van der Waals surface area contributed by atoms with Crippen LogP contribution in [-0.2, 0) is 19.1 Å². The zero-order valence-electron chi connectivity index (χ0n) is 9.07. The molecular formula is C11H14O4. The van der Waals surface area contributed by atoms with E-state index in [0.29, 0.717) is 0 Å². The smallest absolute Gasteiger partial charge is 0.337 e. The lowest BCUT2D eigenvalue weighted by molar-refractivity contribution is -0.135. The van der Waals surface area contributed by atoms with Gasteiger partial charge in [-0.2, -0.15) is 0 Å². The van der Waals surface area contributed by atoms with E-state index in [-0.39, 0.29) is 11.1 Å². The molecule has 0 spiro atoms. The summed E-state index contributed by atoms with van der Waals surface area (Å²) in [5, 5.41) is 0. The van der Waals surface area contributed by atoms with Crippen molar-refractivity contribution in [3.8, 4) is 0 Å². The fourth-order valence-corrected chi connectivity index (χ4v) is 0.865. The van der Waals surface area contributed by atoms with Crippen LogP contribution in [0.4, 0.5) is 0 Å². The molecule has 4 nitrogen and oxygen atoms in total. The molecule has 0 rings (SSSR count). The first-order valence-corrected chi connectivity index (χ1v) is 4.27. The molecule has 0 aromatic carbocycles. The topological polar surface area (TPSA) is 52.6 Å². The van der Waals surface area contributed by atoms with E-state index in [2.05, 4.69) is 16.1 Å². The normalized spacial score (nSPS) is 11.9. The highest BCUT2D eigenvalue weighted by Gasteiger charge is 2.10. The van der Waals surface area contributed by atoms with E-state index < -0.39 is 11.9 Å². The van der Waals surface area contributed by atoms with E-state index >= 15 is 0 Å². The van der Waals surface area contributed by atoms with Gasteiger partial charge in [0.1, 0.15) is 0 Å². The van der Waals surface area contributed by atoms with Gasteiger partial charge in [0.15, 0.2) is 0 Å². The van der Waals surface area contributed by atoms with E-state index in [4.69, 9.17) is 0 Å². The first-order chi connectivity index (χ1) is 7.10. The van der Waals surface area contributed by atoms with E-state index in [1.807, 2.05) is 0 Å². The van der Waals surface area contributed by atoms with Gasteiger partial charge in [0.2, 0.25) is 0 Å². The standard InChI is InChI=1S/C11H14O4/c1-5-8(10(12)14-3)7-9(6-2)11(13)15-4/h5-7H,1H2,2-4H3/b8-7+,9-6+. The van der Waals surface area contributed by atoms with Crippen LogP contribution < -0.4 is 0 Å². The lowest BCUT2D eigenvalue weighted by atomic mass is 10.1. The number of allylic oxidation sites excluding steroid dienone is 1. The summed E-state index contributed by atoms with van der Waals surface area (Å²) in [4.78, 5) is 22.3. The lowest BCUT2D eigenvalue weighted by Crippen LogP contribution is -2.07. The van der Waals surface area contributed by atoms with Crippen LogP contribution in [0.2, 0.25) is 0 Å². The van der Waals surface area contributed by atoms with Gasteiger partial charge in [0, 0.05) is 0 Å². The summed E-state index contributed by atoms with van der Waals surface area (Å²) in [6, 6.07) is 0. The van der Waals surface area contributed by atoms with Crippen LogP contribution in [-0.4, -0.2) is 26.2 Å². The van der Waals surface area contributed by atoms with Gasteiger partial charge in [-0.05, 0) is 13.0 Å². The van der Waals surface area contributed by atoms with E-state index in [0.717, 1.165) is 0 Å². The van der Waals surface area contributed by atoms with Crippen LogP contribution >= 0.6 is 0 Å². The predicted octanol–water partition coefficient (Wildman–Crippen LogP) is 1.39. The molecule has 0 saturated heterocycles. The van der Waals surface area contributed by atoms with Gasteiger partial charge in [-0.3, -0.25) is 0 Å². The summed E-state index contributed by atoms with van der Waals surface area (Å²) in [5.74, 6) is -1.06. The average Bonchev–Trinajstić information content (AvgIpc) is 2.28. The van der Waals surface area contributed by atoms with E-state index in [1.54, 1.807) is 6.92 Å². The van der Waals surface area contributed by atoms with E-state index in [1.165, 1.54) is 32.4 Å². The molecule has 0 aliphatic heterocycles. The highest BCUT2D eigenvalue weighted by molar-refractivity contribution is 5.97. The highest BCUT2D eigenvalue weighted by atomic mass is 16.5. The van der Waals surface area contributed by atoms with Crippen molar-refractivity contribution in [1.82, 2.24) is 0 Å². The maximum atomic E-state index is 11.2. The van der Waals surface area contributed by atoms with Crippen molar-refractivity contribution in [2.24, 2.45) is 0 Å². The average molecular weight is 210 g/mol. The summed E-state index contributed by atoms with van der Waals surface area (Å²) < 4.78 is 9.03. The van der Waals surface area contributed by atoms with Crippen LogP contribution in [0.25, 0.3) is 0 Å². The SMILES string of the molecule is C=C/C(=C\C(=C/C)C(=O)OC)C(=O)OC. The Balaban J connectivity index is 5.04. The largest absolute Gasteiger partial charge is 0.465 e. The minimum Gasteiger partial charge on any atom is -0.465 e. The van der Waals surface area contributed by atoms with Gasteiger partial charge in [0.05, 0.1) is 25.4 Å². The maximum Gasteiger partial charge on any atom is 0.337 e. The number of methoxy groups -OCH3 is 2. The molecule has 0 heterocycles.